The first-order chi connectivity index (χ1) is 7.31. The standard InChI is InChI=1S/C11H17N3O/c1-3-7-14(8-4-2)11-6-5-10(9-15)12-13-11/h3,5-6,15H,1,4,7-9H2,2H3. The highest BCUT2D eigenvalue weighted by Crippen LogP contribution is 2.09. The van der Waals surface area contributed by atoms with E-state index < -0.39 is 0 Å². The summed E-state index contributed by atoms with van der Waals surface area (Å²) in [5.41, 5.74) is 0.591. The summed E-state index contributed by atoms with van der Waals surface area (Å²) >= 11 is 0. The molecule has 1 rings (SSSR count). The predicted octanol–water partition coefficient (Wildman–Crippen LogP) is 1.37. The van der Waals surface area contributed by atoms with E-state index in [0.717, 1.165) is 25.3 Å². The number of aromatic nitrogens is 2. The molecule has 0 atom stereocenters. The number of nitrogens with zero attached hydrogens (tertiary/aromatic N) is 3. The fourth-order valence-electron chi connectivity index (χ4n) is 1.33. The van der Waals surface area contributed by atoms with Crippen molar-refractivity contribution in [2.75, 3.05) is 18.0 Å². The molecule has 0 radical (unpaired) electrons. The summed E-state index contributed by atoms with van der Waals surface area (Å²) in [4.78, 5) is 2.10. The molecule has 0 aliphatic rings. The summed E-state index contributed by atoms with van der Waals surface area (Å²) in [6, 6.07) is 3.66. The Kier molecular flexibility index (Phi) is 4.77. The minimum Gasteiger partial charge on any atom is -0.390 e. The van der Waals surface area contributed by atoms with Gasteiger partial charge in [0.15, 0.2) is 5.82 Å². The van der Waals surface area contributed by atoms with Gasteiger partial charge in [0.2, 0.25) is 0 Å². The second-order valence-electron chi connectivity index (χ2n) is 3.28. The average molecular weight is 207 g/mol. The number of rotatable bonds is 6. The van der Waals surface area contributed by atoms with Crippen molar-refractivity contribution in [3.63, 3.8) is 0 Å². The summed E-state index contributed by atoms with van der Waals surface area (Å²) in [7, 11) is 0. The van der Waals surface area contributed by atoms with Gasteiger partial charge in [0.05, 0.1) is 12.3 Å². The maximum absolute atomic E-state index is 8.84. The SMILES string of the molecule is C=CCN(CCC)c1ccc(CO)nn1. The molecule has 0 aliphatic heterocycles. The Balaban J connectivity index is 2.76. The van der Waals surface area contributed by atoms with Crippen LogP contribution in [0.15, 0.2) is 24.8 Å². The summed E-state index contributed by atoms with van der Waals surface area (Å²) in [5.74, 6) is 0.828. The van der Waals surface area contributed by atoms with Crippen LogP contribution < -0.4 is 4.90 Å². The Morgan fingerprint density at radius 3 is 2.73 bits per heavy atom. The lowest BCUT2D eigenvalue weighted by molar-refractivity contribution is 0.275. The first-order valence-electron chi connectivity index (χ1n) is 5.11. The third kappa shape index (κ3) is 3.32. The monoisotopic (exact) mass is 207 g/mol. The molecule has 1 heterocycles. The van der Waals surface area contributed by atoms with Crippen molar-refractivity contribution in [2.24, 2.45) is 0 Å². The fraction of sp³-hybridized carbons (Fsp3) is 0.455. The molecule has 1 aromatic heterocycles. The minimum absolute atomic E-state index is 0.0669. The highest BCUT2D eigenvalue weighted by atomic mass is 16.3. The van der Waals surface area contributed by atoms with Crippen molar-refractivity contribution in [1.82, 2.24) is 10.2 Å². The molecule has 0 amide bonds. The third-order valence-corrected chi connectivity index (χ3v) is 2.03. The second-order valence-corrected chi connectivity index (χ2v) is 3.28. The van der Waals surface area contributed by atoms with Gasteiger partial charge in [-0.1, -0.05) is 13.0 Å². The summed E-state index contributed by atoms with van der Waals surface area (Å²) < 4.78 is 0. The molecule has 4 nitrogen and oxygen atoms in total. The maximum atomic E-state index is 8.84. The highest BCUT2D eigenvalue weighted by Gasteiger charge is 2.05. The molecule has 15 heavy (non-hydrogen) atoms. The lowest BCUT2D eigenvalue weighted by Crippen LogP contribution is -2.25. The number of aliphatic hydroxyl groups is 1. The van der Waals surface area contributed by atoms with Gasteiger partial charge in [0.1, 0.15) is 0 Å². The maximum Gasteiger partial charge on any atom is 0.151 e. The van der Waals surface area contributed by atoms with Gasteiger partial charge in [0, 0.05) is 13.1 Å². The van der Waals surface area contributed by atoms with E-state index >= 15 is 0 Å². The number of anilines is 1. The average Bonchev–Trinajstić information content (AvgIpc) is 2.29. The lowest BCUT2D eigenvalue weighted by Gasteiger charge is -2.20. The Morgan fingerprint density at radius 2 is 2.27 bits per heavy atom. The van der Waals surface area contributed by atoms with E-state index in [9.17, 15) is 0 Å². The van der Waals surface area contributed by atoms with Gasteiger partial charge >= 0.3 is 0 Å². The minimum atomic E-state index is -0.0669. The number of hydrogen-bond acceptors (Lipinski definition) is 4. The van der Waals surface area contributed by atoms with Gasteiger partial charge in [0.25, 0.3) is 0 Å². The second kappa shape index (κ2) is 6.14. The van der Waals surface area contributed by atoms with E-state index in [1.165, 1.54) is 0 Å². The van der Waals surface area contributed by atoms with Crippen molar-refractivity contribution < 1.29 is 5.11 Å². The van der Waals surface area contributed by atoms with E-state index in [2.05, 4.69) is 28.6 Å². The molecule has 0 aliphatic carbocycles. The van der Waals surface area contributed by atoms with E-state index in [-0.39, 0.29) is 6.61 Å². The topological polar surface area (TPSA) is 49.2 Å². The smallest absolute Gasteiger partial charge is 0.151 e. The summed E-state index contributed by atoms with van der Waals surface area (Å²) in [5, 5.41) is 16.8. The van der Waals surface area contributed by atoms with Gasteiger partial charge in [-0.15, -0.1) is 11.7 Å². The molecule has 0 bridgehead atoms. The zero-order valence-corrected chi connectivity index (χ0v) is 9.06. The summed E-state index contributed by atoms with van der Waals surface area (Å²) in [6.07, 6.45) is 2.90. The molecule has 0 spiro atoms. The van der Waals surface area contributed by atoms with Crippen LogP contribution in [0, 0.1) is 0 Å². The first-order valence-corrected chi connectivity index (χ1v) is 5.11. The van der Waals surface area contributed by atoms with Crippen molar-refractivity contribution >= 4 is 5.82 Å². The van der Waals surface area contributed by atoms with Crippen molar-refractivity contribution in [2.45, 2.75) is 20.0 Å². The van der Waals surface area contributed by atoms with Gasteiger partial charge in [-0.3, -0.25) is 0 Å². The quantitative estimate of drug-likeness (QED) is 0.716. The summed E-state index contributed by atoms with van der Waals surface area (Å²) in [6.45, 7) is 7.46. The van der Waals surface area contributed by atoms with Crippen molar-refractivity contribution in [1.29, 1.82) is 0 Å². The van der Waals surface area contributed by atoms with Crippen LogP contribution in [0.3, 0.4) is 0 Å². The Labute approximate surface area is 90.3 Å². The van der Waals surface area contributed by atoms with E-state index in [0.29, 0.717) is 5.69 Å². The molecule has 1 aromatic rings. The van der Waals surface area contributed by atoms with E-state index in [1.807, 2.05) is 12.1 Å². The molecule has 1 N–H and O–H groups in total. The molecule has 0 saturated heterocycles. The van der Waals surface area contributed by atoms with Crippen LogP contribution in [0.4, 0.5) is 5.82 Å². The predicted molar refractivity (Wildman–Crippen MR) is 60.7 cm³/mol. The van der Waals surface area contributed by atoms with Crippen LogP contribution in [0.5, 0.6) is 0 Å². The van der Waals surface area contributed by atoms with Crippen LogP contribution in [0.25, 0.3) is 0 Å². The highest BCUT2D eigenvalue weighted by molar-refractivity contribution is 5.37. The Morgan fingerprint density at radius 1 is 1.47 bits per heavy atom. The largest absolute Gasteiger partial charge is 0.390 e. The molecule has 82 valence electrons. The fourth-order valence-corrected chi connectivity index (χ4v) is 1.33. The van der Waals surface area contributed by atoms with Gasteiger partial charge in [-0.2, -0.15) is 5.10 Å². The van der Waals surface area contributed by atoms with Crippen LogP contribution in [0.1, 0.15) is 19.0 Å². The Bertz CT molecular complexity index is 297. The van der Waals surface area contributed by atoms with Gasteiger partial charge in [-0.25, -0.2) is 0 Å². The number of hydrogen-bond donors (Lipinski definition) is 1. The van der Waals surface area contributed by atoms with E-state index in [1.54, 1.807) is 6.07 Å². The molecular formula is C11H17N3O. The van der Waals surface area contributed by atoms with Crippen LogP contribution in [-0.2, 0) is 6.61 Å². The van der Waals surface area contributed by atoms with Crippen LogP contribution >= 0.6 is 0 Å². The third-order valence-electron chi connectivity index (χ3n) is 2.03. The molecular weight excluding hydrogens is 190 g/mol. The van der Waals surface area contributed by atoms with Gasteiger partial charge < -0.3 is 10.0 Å². The Hall–Kier alpha value is -1.42. The number of aliphatic hydroxyl groups excluding tert-OH is 1. The zero-order valence-electron chi connectivity index (χ0n) is 9.06. The van der Waals surface area contributed by atoms with Crippen molar-refractivity contribution in [3.8, 4) is 0 Å². The van der Waals surface area contributed by atoms with Gasteiger partial charge in [-0.05, 0) is 18.6 Å². The molecule has 0 fully saturated rings. The van der Waals surface area contributed by atoms with Crippen molar-refractivity contribution in [3.05, 3.63) is 30.5 Å². The van der Waals surface area contributed by atoms with E-state index in [4.69, 9.17) is 5.11 Å². The lowest BCUT2D eigenvalue weighted by atomic mass is 10.3. The molecule has 0 unspecified atom stereocenters. The first kappa shape index (κ1) is 11.7. The normalized spacial score (nSPS) is 10.0. The molecule has 0 saturated carbocycles. The molecule has 0 aromatic carbocycles. The molecule has 4 heteroatoms. The van der Waals surface area contributed by atoms with Crippen LogP contribution in [0.2, 0.25) is 0 Å². The zero-order chi connectivity index (χ0) is 11.1. The van der Waals surface area contributed by atoms with Crippen LogP contribution in [-0.4, -0.2) is 28.4 Å².